The van der Waals surface area contributed by atoms with Crippen molar-refractivity contribution in [3.05, 3.63) is 140 Å². The molecule has 41 heavy (non-hydrogen) atoms. The number of hydrogen-bond acceptors (Lipinski definition) is 14. The van der Waals surface area contributed by atoms with Crippen LogP contribution in [0.25, 0.3) is 0 Å². The fourth-order valence-corrected chi connectivity index (χ4v) is 3.18. The summed E-state index contributed by atoms with van der Waals surface area (Å²) >= 11 is 0. The van der Waals surface area contributed by atoms with E-state index in [1.54, 1.807) is 0 Å². The first kappa shape index (κ1) is 27.5. The highest BCUT2D eigenvalue weighted by atomic mass is 16.6. The van der Waals surface area contributed by atoms with E-state index in [9.17, 15) is 39.9 Å². The van der Waals surface area contributed by atoms with Crippen LogP contribution in [0, 0.1) is 30.3 Å². The number of non-ortho nitro benzene ring substituents is 3. The lowest BCUT2D eigenvalue weighted by atomic mass is 10.2. The predicted octanol–water partition coefficient (Wildman–Crippen LogP) is 3.28. The Balaban J connectivity index is 1.76. The van der Waals surface area contributed by atoms with E-state index in [2.05, 4.69) is 31.3 Å². The third-order valence-corrected chi connectivity index (χ3v) is 5.26. The van der Waals surface area contributed by atoms with Gasteiger partial charge in [-0.1, -0.05) is 0 Å². The van der Waals surface area contributed by atoms with Gasteiger partial charge in [0, 0.05) is 42.5 Å². The quantitative estimate of drug-likeness (QED) is 0.173. The molecule has 17 heteroatoms. The van der Waals surface area contributed by atoms with Gasteiger partial charge in [0.1, 0.15) is 11.0 Å². The average Bonchev–Trinajstić information content (AvgIpc) is 2.96. The molecule has 0 radical (unpaired) electrons. The molecule has 4 rings (SSSR count). The van der Waals surface area contributed by atoms with Gasteiger partial charge in [-0.15, -0.1) is 5.11 Å². The number of benzene rings is 4. The van der Waals surface area contributed by atoms with Gasteiger partial charge in [0.05, 0.1) is 31.8 Å². The van der Waals surface area contributed by atoms with Gasteiger partial charge in [-0.3, -0.25) is 50.8 Å². The Morgan fingerprint density at radius 3 is 1.46 bits per heavy atom. The summed E-state index contributed by atoms with van der Waals surface area (Å²) in [6.07, 6.45) is 0. The van der Waals surface area contributed by atoms with Crippen molar-refractivity contribution in [3.63, 3.8) is 0 Å². The molecule has 0 aliphatic rings. The summed E-state index contributed by atoms with van der Waals surface area (Å²) in [6.45, 7) is 0. The van der Waals surface area contributed by atoms with E-state index in [0.717, 1.165) is 6.07 Å². The molecule has 0 aliphatic heterocycles. The molecule has 0 heterocycles. The van der Waals surface area contributed by atoms with Crippen LogP contribution in [-0.4, -0.2) is 14.8 Å². The summed E-state index contributed by atoms with van der Waals surface area (Å²) in [5, 5.41) is 47.2. The van der Waals surface area contributed by atoms with Crippen molar-refractivity contribution >= 4 is 39.8 Å². The molecule has 0 unspecified atom stereocenters. The van der Waals surface area contributed by atoms with Crippen LogP contribution in [0.15, 0.2) is 109 Å². The first-order valence-electron chi connectivity index (χ1n) is 11.3. The summed E-state index contributed by atoms with van der Waals surface area (Å²) in [7, 11) is 0. The van der Waals surface area contributed by atoms with Crippen molar-refractivity contribution in [2.75, 3.05) is 10.9 Å². The Morgan fingerprint density at radius 1 is 0.561 bits per heavy atom. The molecule has 2 N–H and O–H groups in total. The summed E-state index contributed by atoms with van der Waals surface area (Å²) < 4.78 is 0. The normalized spacial score (nSPS) is 11.9. The van der Waals surface area contributed by atoms with Gasteiger partial charge in [0.2, 0.25) is 10.9 Å². The number of nitrogens with zero attached hydrogens (tertiary/aromatic N) is 7. The highest BCUT2D eigenvalue weighted by Crippen LogP contribution is 2.20. The van der Waals surface area contributed by atoms with Crippen LogP contribution in [0.3, 0.4) is 0 Å². The molecule has 0 fully saturated rings. The van der Waals surface area contributed by atoms with Gasteiger partial charge in [-0.25, -0.2) is 0 Å². The van der Waals surface area contributed by atoms with Crippen molar-refractivity contribution in [3.8, 4) is 0 Å². The smallest absolute Gasteiger partial charge is 0.269 e. The number of nitrogens with one attached hydrogen (secondary N) is 2. The molecule has 17 nitrogen and oxygen atoms in total. The van der Waals surface area contributed by atoms with E-state index < -0.39 is 31.0 Å². The molecular formula is C24H15N9O8. The topological polar surface area (TPSA) is 237 Å². The second kappa shape index (κ2) is 11.9. The molecule has 0 saturated carbocycles. The van der Waals surface area contributed by atoms with Gasteiger partial charge in [-0.2, -0.15) is 15.3 Å². The summed E-state index contributed by atoms with van der Waals surface area (Å²) in [5.41, 5.74) is 3.03. The van der Waals surface area contributed by atoms with E-state index in [1.807, 2.05) is 0 Å². The van der Waals surface area contributed by atoms with Crippen molar-refractivity contribution in [2.45, 2.75) is 0 Å². The molecule has 0 spiro atoms. The number of anilines is 2. The maximum absolute atomic E-state index is 13.1. The van der Waals surface area contributed by atoms with Crippen LogP contribution in [0.5, 0.6) is 0 Å². The lowest BCUT2D eigenvalue weighted by molar-refractivity contribution is -0.385. The Kier molecular flexibility index (Phi) is 7.99. The van der Waals surface area contributed by atoms with E-state index in [4.69, 9.17) is 0 Å². The molecule has 4 aromatic rings. The summed E-state index contributed by atoms with van der Waals surface area (Å²) in [6, 6.07) is 16.2. The molecule has 4 aromatic carbocycles. The molecular weight excluding hydrogens is 542 g/mol. The Morgan fingerprint density at radius 2 is 1.00 bits per heavy atom. The maximum Gasteiger partial charge on any atom is 0.269 e. The van der Waals surface area contributed by atoms with Crippen LogP contribution in [0.1, 0.15) is 0 Å². The van der Waals surface area contributed by atoms with E-state index >= 15 is 0 Å². The zero-order chi connectivity index (χ0) is 29.5. The zero-order valence-corrected chi connectivity index (χ0v) is 20.4. The highest BCUT2D eigenvalue weighted by molar-refractivity contribution is 5.49. The Labute approximate surface area is 226 Å². The third-order valence-electron chi connectivity index (χ3n) is 5.26. The standard InChI is InChI=1S/C24H15N9O8/c34-23-20(28-25-14-1-7-17(8-2-14)31(36)37)13-21(29-26-15-3-9-18(10-4-15)32(38)39)24(35)22(23)30-27-16-5-11-19(12-6-16)33(40)41/h1-13,25,27H/b28-20-,29-26?,30-22-. The Hall–Kier alpha value is -6.52. The fraction of sp³-hybridized carbons (Fsp3) is 0. The van der Waals surface area contributed by atoms with Gasteiger partial charge in [0.15, 0.2) is 5.36 Å². The predicted molar refractivity (Wildman–Crippen MR) is 143 cm³/mol. The molecule has 0 bridgehead atoms. The Bertz CT molecular complexity index is 1900. The van der Waals surface area contributed by atoms with E-state index in [0.29, 0.717) is 0 Å². The first-order chi connectivity index (χ1) is 19.6. The maximum atomic E-state index is 13.1. The van der Waals surface area contributed by atoms with Gasteiger partial charge < -0.3 is 0 Å². The van der Waals surface area contributed by atoms with E-state index in [1.165, 1.54) is 72.8 Å². The summed E-state index contributed by atoms with van der Waals surface area (Å²) in [5.74, 6) is 0. The lowest BCUT2D eigenvalue weighted by Gasteiger charge is -2.00. The number of rotatable bonds is 9. The molecule has 204 valence electrons. The number of azo groups is 1. The van der Waals surface area contributed by atoms with Gasteiger partial charge in [0.25, 0.3) is 17.1 Å². The number of hydrogen-bond donors (Lipinski definition) is 2. The molecule has 0 atom stereocenters. The van der Waals surface area contributed by atoms with Crippen LogP contribution in [0.2, 0.25) is 0 Å². The number of nitro benzene ring substituents is 3. The SMILES string of the molecule is O=c1c(N=Nc2ccc([N+](=O)[O-])cc2)c/c(=N/Nc2ccc([N+](=O)[O-])cc2)c(=O)/c1=N/Nc1ccc([N+](=O)[O-])cc1. The molecule has 0 aliphatic carbocycles. The molecule has 0 aromatic heterocycles. The van der Waals surface area contributed by atoms with E-state index in [-0.39, 0.29) is 45.2 Å². The first-order valence-corrected chi connectivity index (χ1v) is 11.3. The highest BCUT2D eigenvalue weighted by Gasteiger charge is 2.11. The molecule has 0 amide bonds. The van der Waals surface area contributed by atoms with Gasteiger partial charge in [-0.05, 0) is 36.4 Å². The monoisotopic (exact) mass is 557 g/mol. The minimum absolute atomic E-state index is 0.164. The number of nitro groups is 3. The van der Waals surface area contributed by atoms with Crippen molar-refractivity contribution in [2.24, 2.45) is 20.4 Å². The van der Waals surface area contributed by atoms with Crippen LogP contribution >= 0.6 is 0 Å². The minimum atomic E-state index is -0.927. The van der Waals surface area contributed by atoms with Crippen LogP contribution in [0.4, 0.5) is 39.8 Å². The third kappa shape index (κ3) is 6.68. The van der Waals surface area contributed by atoms with Crippen molar-refractivity contribution < 1.29 is 14.8 Å². The van der Waals surface area contributed by atoms with Gasteiger partial charge >= 0.3 is 0 Å². The van der Waals surface area contributed by atoms with Crippen molar-refractivity contribution in [1.82, 2.24) is 0 Å². The second-order valence-electron chi connectivity index (χ2n) is 7.95. The average molecular weight is 557 g/mol. The lowest BCUT2D eigenvalue weighted by Crippen LogP contribution is -2.48. The van der Waals surface area contributed by atoms with Crippen molar-refractivity contribution in [1.29, 1.82) is 0 Å². The fourth-order valence-electron chi connectivity index (χ4n) is 3.18. The second-order valence-corrected chi connectivity index (χ2v) is 7.95. The summed E-state index contributed by atoms with van der Waals surface area (Å²) in [4.78, 5) is 56.9. The molecule has 0 saturated heterocycles. The van der Waals surface area contributed by atoms with Crippen LogP contribution in [-0.2, 0) is 0 Å². The largest absolute Gasteiger partial charge is 0.285 e. The zero-order valence-electron chi connectivity index (χ0n) is 20.4. The minimum Gasteiger partial charge on any atom is -0.285 e. The van der Waals surface area contributed by atoms with Crippen LogP contribution < -0.4 is 32.4 Å².